The Bertz CT molecular complexity index is 1310. The van der Waals surface area contributed by atoms with Crippen molar-refractivity contribution in [3.8, 4) is 22.9 Å². The van der Waals surface area contributed by atoms with Gasteiger partial charge >= 0.3 is 0 Å². The number of ether oxygens (including phenoxy) is 2. The lowest BCUT2D eigenvalue weighted by Crippen LogP contribution is -2.34. The van der Waals surface area contributed by atoms with Crippen molar-refractivity contribution in [1.29, 1.82) is 0 Å². The number of aromatic nitrogens is 2. The van der Waals surface area contributed by atoms with E-state index in [0.717, 1.165) is 22.2 Å². The van der Waals surface area contributed by atoms with E-state index in [9.17, 15) is 4.79 Å². The fourth-order valence-corrected chi connectivity index (χ4v) is 3.67. The molecule has 33 heavy (non-hydrogen) atoms. The van der Waals surface area contributed by atoms with Gasteiger partial charge in [-0.15, -0.1) is 0 Å². The average Bonchev–Trinajstić information content (AvgIpc) is 3.21. The van der Waals surface area contributed by atoms with Crippen molar-refractivity contribution in [3.05, 3.63) is 70.7 Å². The Kier molecular flexibility index (Phi) is 6.48. The highest BCUT2D eigenvalue weighted by atomic mass is 35.5. The molecule has 0 fully saturated rings. The van der Waals surface area contributed by atoms with Crippen LogP contribution in [0.2, 0.25) is 5.02 Å². The van der Waals surface area contributed by atoms with E-state index in [1.807, 2.05) is 43.3 Å². The summed E-state index contributed by atoms with van der Waals surface area (Å²) < 4.78 is 10.4. The van der Waals surface area contributed by atoms with Crippen molar-refractivity contribution in [3.63, 3.8) is 0 Å². The van der Waals surface area contributed by atoms with Gasteiger partial charge in [-0.2, -0.15) is 0 Å². The van der Waals surface area contributed by atoms with Crippen LogP contribution in [0.3, 0.4) is 0 Å². The van der Waals surface area contributed by atoms with E-state index in [1.165, 1.54) is 14.2 Å². The van der Waals surface area contributed by atoms with Gasteiger partial charge in [0.1, 0.15) is 17.3 Å². The van der Waals surface area contributed by atoms with E-state index in [-0.39, 0.29) is 11.0 Å². The lowest BCUT2D eigenvalue weighted by Gasteiger charge is -2.12. The molecule has 0 saturated heterocycles. The number of nitrogens with one attached hydrogen (secondary N) is 3. The van der Waals surface area contributed by atoms with Crippen LogP contribution in [0, 0.1) is 6.92 Å². The van der Waals surface area contributed by atoms with Crippen molar-refractivity contribution in [2.24, 2.45) is 0 Å². The maximum Gasteiger partial charge on any atom is 0.257 e. The molecule has 7 nitrogen and oxygen atoms in total. The number of nitrogens with zero attached hydrogens (tertiary/aromatic N) is 1. The second-order valence-electron chi connectivity index (χ2n) is 7.29. The molecule has 0 bridgehead atoms. The highest BCUT2D eigenvalue weighted by Crippen LogP contribution is 2.27. The molecule has 168 valence electrons. The highest BCUT2D eigenvalue weighted by Gasteiger charge is 2.13. The van der Waals surface area contributed by atoms with Gasteiger partial charge in [0, 0.05) is 27.9 Å². The van der Waals surface area contributed by atoms with Crippen LogP contribution >= 0.6 is 23.8 Å². The SMILES string of the molecule is COc1cc(OC)cc(C(=O)NC(=S)Nc2cccc(-c3nc4cc(Cl)c(C)cc4[nH]3)c2)c1. The van der Waals surface area contributed by atoms with E-state index in [0.29, 0.717) is 33.6 Å². The van der Waals surface area contributed by atoms with Crippen molar-refractivity contribution < 1.29 is 14.3 Å². The van der Waals surface area contributed by atoms with Gasteiger partial charge in [0.25, 0.3) is 5.91 Å². The smallest absolute Gasteiger partial charge is 0.257 e. The Morgan fingerprint density at radius 3 is 2.48 bits per heavy atom. The van der Waals surface area contributed by atoms with Crippen molar-refractivity contribution >= 4 is 51.6 Å². The molecular weight excluding hydrogens is 460 g/mol. The van der Waals surface area contributed by atoms with Gasteiger partial charge in [-0.25, -0.2) is 4.98 Å². The van der Waals surface area contributed by atoms with Crippen LogP contribution in [0.4, 0.5) is 5.69 Å². The average molecular weight is 481 g/mol. The van der Waals surface area contributed by atoms with Crippen LogP contribution in [0.5, 0.6) is 11.5 Å². The summed E-state index contributed by atoms with van der Waals surface area (Å²) in [5.74, 6) is 1.33. The zero-order chi connectivity index (χ0) is 23.5. The molecule has 0 spiro atoms. The quantitative estimate of drug-likeness (QED) is 0.334. The number of aromatic amines is 1. The molecule has 4 rings (SSSR count). The minimum Gasteiger partial charge on any atom is -0.497 e. The summed E-state index contributed by atoms with van der Waals surface area (Å²) in [5, 5.41) is 6.54. The molecule has 3 N–H and O–H groups in total. The first-order chi connectivity index (χ1) is 15.9. The van der Waals surface area contributed by atoms with Gasteiger partial charge in [0.15, 0.2) is 5.11 Å². The number of thiocarbonyl (C=S) groups is 1. The molecular formula is C24H21ClN4O3S. The first kappa shape index (κ1) is 22.6. The number of amides is 1. The molecule has 1 heterocycles. The fourth-order valence-electron chi connectivity index (χ4n) is 3.30. The standard InChI is InChI=1S/C24H21ClN4O3S/c1-13-7-20-21(12-19(13)25)28-22(27-20)14-5-4-6-16(8-14)26-24(33)29-23(30)15-9-17(31-2)11-18(10-15)32-3/h4-12H,1-3H3,(H,27,28)(H2,26,29,30,33). The molecule has 0 aliphatic rings. The lowest BCUT2D eigenvalue weighted by atomic mass is 10.2. The maximum absolute atomic E-state index is 12.6. The van der Waals surface area contributed by atoms with Crippen molar-refractivity contribution in [2.45, 2.75) is 6.92 Å². The van der Waals surface area contributed by atoms with E-state index < -0.39 is 0 Å². The molecule has 0 aliphatic carbocycles. The predicted octanol–water partition coefficient (Wildman–Crippen LogP) is 5.34. The monoisotopic (exact) mass is 480 g/mol. The number of fused-ring (bicyclic) bond motifs is 1. The largest absolute Gasteiger partial charge is 0.497 e. The summed E-state index contributed by atoms with van der Waals surface area (Å²) in [6.07, 6.45) is 0. The number of benzene rings is 3. The molecule has 9 heteroatoms. The van der Waals surface area contributed by atoms with E-state index in [2.05, 4.69) is 20.6 Å². The van der Waals surface area contributed by atoms with E-state index in [4.69, 9.17) is 33.3 Å². The Labute approximate surface area is 201 Å². The molecule has 0 aliphatic heterocycles. The van der Waals surface area contributed by atoms with Gasteiger partial charge in [-0.3, -0.25) is 10.1 Å². The first-order valence-corrected chi connectivity index (χ1v) is 10.8. The van der Waals surface area contributed by atoms with Gasteiger partial charge < -0.3 is 19.8 Å². The first-order valence-electron chi connectivity index (χ1n) is 9.98. The number of aryl methyl sites for hydroxylation is 1. The van der Waals surface area contributed by atoms with E-state index >= 15 is 0 Å². The number of halogens is 1. The van der Waals surface area contributed by atoms with Gasteiger partial charge in [0.05, 0.1) is 25.3 Å². The summed E-state index contributed by atoms with van der Waals surface area (Å²) >= 11 is 11.6. The number of rotatable bonds is 5. The second kappa shape index (κ2) is 9.48. The molecule has 0 saturated carbocycles. The fraction of sp³-hybridized carbons (Fsp3) is 0.125. The summed E-state index contributed by atoms with van der Waals surface area (Å²) in [7, 11) is 3.04. The van der Waals surface area contributed by atoms with Crippen LogP contribution in [-0.2, 0) is 0 Å². The Morgan fingerprint density at radius 2 is 1.79 bits per heavy atom. The third kappa shape index (κ3) is 5.08. The van der Waals surface area contributed by atoms with E-state index in [1.54, 1.807) is 18.2 Å². The number of methoxy groups -OCH3 is 2. The molecule has 4 aromatic rings. The molecule has 0 unspecified atom stereocenters. The normalized spacial score (nSPS) is 10.7. The Morgan fingerprint density at radius 1 is 1.06 bits per heavy atom. The van der Waals surface area contributed by atoms with Crippen LogP contribution in [0.25, 0.3) is 22.4 Å². The zero-order valence-corrected chi connectivity index (χ0v) is 19.7. The minimum absolute atomic E-state index is 0.158. The zero-order valence-electron chi connectivity index (χ0n) is 18.2. The number of hydrogen-bond acceptors (Lipinski definition) is 5. The molecule has 1 amide bonds. The topological polar surface area (TPSA) is 88.3 Å². The summed E-state index contributed by atoms with van der Waals surface area (Å²) in [6, 6.07) is 16.3. The van der Waals surface area contributed by atoms with Gasteiger partial charge in [-0.1, -0.05) is 23.7 Å². The highest BCUT2D eigenvalue weighted by molar-refractivity contribution is 7.80. The van der Waals surface area contributed by atoms with Gasteiger partial charge in [-0.05, 0) is 61.1 Å². The number of imidazole rings is 1. The third-order valence-corrected chi connectivity index (χ3v) is 5.61. The molecule has 0 radical (unpaired) electrons. The van der Waals surface area contributed by atoms with Crippen LogP contribution in [0.1, 0.15) is 15.9 Å². The molecule has 3 aromatic carbocycles. The van der Waals surface area contributed by atoms with Crippen molar-refractivity contribution in [1.82, 2.24) is 15.3 Å². The number of anilines is 1. The number of carbonyl (C=O) groups is 1. The molecule has 1 aromatic heterocycles. The van der Waals surface area contributed by atoms with Crippen molar-refractivity contribution in [2.75, 3.05) is 19.5 Å². The van der Waals surface area contributed by atoms with Crippen LogP contribution in [-0.4, -0.2) is 35.2 Å². The summed E-state index contributed by atoms with van der Waals surface area (Å²) in [6.45, 7) is 1.95. The van der Waals surface area contributed by atoms with Crippen LogP contribution in [0.15, 0.2) is 54.6 Å². The maximum atomic E-state index is 12.6. The summed E-state index contributed by atoms with van der Waals surface area (Å²) in [4.78, 5) is 20.6. The number of carbonyl (C=O) groups excluding carboxylic acids is 1. The third-order valence-electron chi connectivity index (χ3n) is 5.00. The molecule has 0 atom stereocenters. The van der Waals surface area contributed by atoms with Gasteiger partial charge in [0.2, 0.25) is 0 Å². The lowest BCUT2D eigenvalue weighted by molar-refractivity contribution is 0.0977. The second-order valence-corrected chi connectivity index (χ2v) is 8.11. The Hall–Kier alpha value is -3.62. The minimum atomic E-state index is -0.384. The predicted molar refractivity (Wildman–Crippen MR) is 135 cm³/mol. The van der Waals surface area contributed by atoms with Crippen LogP contribution < -0.4 is 20.1 Å². The number of H-pyrrole nitrogens is 1. The Balaban J connectivity index is 1.49. The summed E-state index contributed by atoms with van der Waals surface area (Å²) in [5.41, 5.74) is 4.59. The number of hydrogen-bond donors (Lipinski definition) is 3.